The number of pyridine rings is 1. The van der Waals surface area contributed by atoms with E-state index in [4.69, 9.17) is 0 Å². The quantitative estimate of drug-likeness (QED) is 0.290. The molecule has 0 saturated heterocycles. The predicted molar refractivity (Wildman–Crippen MR) is 140 cm³/mol. The normalized spacial score (nSPS) is 6.55. The van der Waals surface area contributed by atoms with Gasteiger partial charge in [0.05, 0.1) is 0 Å². The molecule has 0 saturated carbocycles. The monoisotopic (exact) mass is 456 g/mol. The minimum Gasteiger partial charge on any atom is -0.265 e. The molecule has 184 valence electrons. The van der Waals surface area contributed by atoms with Crippen LogP contribution in [0.1, 0.15) is 62.8 Å². The molecule has 4 rings (SSSR count). The van der Waals surface area contributed by atoms with Crippen molar-refractivity contribution in [1.29, 1.82) is 0 Å². The van der Waals surface area contributed by atoms with E-state index in [0.29, 0.717) is 0 Å². The maximum atomic E-state index is 3.78. The van der Waals surface area contributed by atoms with E-state index >= 15 is 0 Å². The van der Waals surface area contributed by atoms with E-state index in [1.807, 2.05) is 73.6 Å². The van der Waals surface area contributed by atoms with Gasteiger partial charge in [-0.05, 0) is 18.2 Å². The van der Waals surface area contributed by atoms with Crippen LogP contribution < -0.4 is 0 Å². The van der Waals surface area contributed by atoms with E-state index in [0.717, 1.165) is 0 Å². The van der Waals surface area contributed by atoms with Crippen LogP contribution in [0.5, 0.6) is 0 Å². The van der Waals surface area contributed by atoms with Crippen LogP contribution in [-0.4, -0.2) is 39.9 Å². The molecular weight excluding hydrogens is 412 g/mol. The van der Waals surface area contributed by atoms with Gasteiger partial charge in [-0.15, -0.1) is 0 Å². The van der Waals surface area contributed by atoms with Crippen molar-refractivity contribution in [3.05, 3.63) is 99.1 Å². The Labute approximate surface area is 202 Å². The molecule has 0 radical (unpaired) electrons. The molecule has 8 heteroatoms. The lowest BCUT2D eigenvalue weighted by molar-refractivity contribution is 1.05. The van der Waals surface area contributed by atoms with Gasteiger partial charge in [0.25, 0.3) is 0 Å². The van der Waals surface area contributed by atoms with Crippen molar-refractivity contribution >= 4 is 0 Å². The molecular formula is C25H44N8. The Balaban J connectivity index is -0.0000000950. The Hall–Kier alpha value is -3.68. The topological polar surface area (TPSA) is 103 Å². The maximum absolute atomic E-state index is 3.78. The molecule has 4 aromatic rings. The van der Waals surface area contributed by atoms with Crippen molar-refractivity contribution in [2.24, 2.45) is 0 Å². The van der Waals surface area contributed by atoms with E-state index in [1.54, 1.807) is 55.6 Å². The molecule has 0 unspecified atom stereocenters. The Bertz CT molecular complexity index is 440. The van der Waals surface area contributed by atoms with Crippen LogP contribution in [0.4, 0.5) is 0 Å². The summed E-state index contributed by atoms with van der Waals surface area (Å²) < 4.78 is 0. The van der Waals surface area contributed by atoms with Gasteiger partial charge in [0.1, 0.15) is 25.3 Å². The summed E-state index contributed by atoms with van der Waals surface area (Å²) in [6.45, 7) is 16.0. The van der Waals surface area contributed by atoms with E-state index in [1.165, 1.54) is 25.3 Å². The number of nitrogens with zero attached hydrogens (tertiary/aromatic N) is 8. The van der Waals surface area contributed by atoms with Gasteiger partial charge in [-0.25, -0.2) is 24.9 Å². The average molecular weight is 457 g/mol. The fraction of sp³-hybridized carbons (Fsp3) is 0.360. The van der Waals surface area contributed by atoms with Crippen molar-refractivity contribution in [1.82, 2.24) is 39.9 Å². The summed E-state index contributed by atoms with van der Waals surface area (Å²) in [5, 5.41) is 0. The Morgan fingerprint density at radius 1 is 0.273 bits per heavy atom. The summed E-state index contributed by atoms with van der Waals surface area (Å²) in [7, 11) is 0. The van der Waals surface area contributed by atoms with Crippen LogP contribution in [0.2, 0.25) is 0 Å². The van der Waals surface area contributed by atoms with Crippen LogP contribution >= 0.6 is 0 Å². The molecule has 0 fully saturated rings. The molecule has 0 bridgehead atoms. The van der Waals surface area contributed by atoms with E-state index in [-0.39, 0.29) is 7.43 Å². The molecule has 0 aromatic carbocycles. The standard InChI is InChI=1S/C5H5N.2C4H4N2.C3H3N3.4C2H6.CH4/c1-2-4-6-5-3-1;1-2-6-4-3-5-1;1-2-5-4-6-3-1;1-4-2-6-3-5-1;4*1-2;/h1-5H;2*1-4H;1-3H;4*1-2H3;1H4. The minimum atomic E-state index is 0. The lowest BCUT2D eigenvalue weighted by Gasteiger charge is -1.70. The third-order valence-electron chi connectivity index (χ3n) is 1.92. The molecule has 0 aliphatic rings. The summed E-state index contributed by atoms with van der Waals surface area (Å²) in [6.07, 6.45) is 19.2. The second-order valence-corrected chi connectivity index (χ2v) is 3.62. The highest BCUT2D eigenvalue weighted by atomic mass is 14.9. The van der Waals surface area contributed by atoms with Gasteiger partial charge < -0.3 is 0 Å². The van der Waals surface area contributed by atoms with Gasteiger partial charge in [-0.2, -0.15) is 0 Å². The van der Waals surface area contributed by atoms with Gasteiger partial charge in [-0.1, -0.05) is 68.9 Å². The summed E-state index contributed by atoms with van der Waals surface area (Å²) >= 11 is 0. The van der Waals surface area contributed by atoms with Crippen molar-refractivity contribution in [2.45, 2.75) is 62.8 Å². The second kappa shape index (κ2) is 51.2. The summed E-state index contributed by atoms with van der Waals surface area (Å²) in [4.78, 5) is 29.3. The molecule has 0 aliphatic carbocycles. The fourth-order valence-electron chi connectivity index (χ4n) is 1.02. The first-order valence-electron chi connectivity index (χ1n) is 10.8. The smallest absolute Gasteiger partial charge is 0.119 e. The molecule has 0 N–H and O–H groups in total. The maximum Gasteiger partial charge on any atom is 0.119 e. The van der Waals surface area contributed by atoms with E-state index in [9.17, 15) is 0 Å². The van der Waals surface area contributed by atoms with E-state index < -0.39 is 0 Å². The Morgan fingerprint density at radius 2 is 0.545 bits per heavy atom. The Kier molecular flexibility index (Phi) is 61.7. The van der Waals surface area contributed by atoms with Crippen LogP contribution in [0, 0.1) is 0 Å². The zero-order valence-corrected chi connectivity index (χ0v) is 20.8. The van der Waals surface area contributed by atoms with Gasteiger partial charge in [0.2, 0.25) is 0 Å². The molecule has 33 heavy (non-hydrogen) atoms. The highest BCUT2D eigenvalue weighted by Gasteiger charge is 1.61. The first-order valence-corrected chi connectivity index (χ1v) is 10.8. The summed E-state index contributed by atoms with van der Waals surface area (Å²) in [5.74, 6) is 0. The number of rotatable bonds is 0. The fourth-order valence-corrected chi connectivity index (χ4v) is 1.02. The lowest BCUT2D eigenvalue weighted by Crippen LogP contribution is -1.73. The zero-order valence-electron chi connectivity index (χ0n) is 20.8. The number of aromatic nitrogens is 8. The van der Waals surface area contributed by atoms with Crippen molar-refractivity contribution < 1.29 is 0 Å². The lowest BCUT2D eigenvalue weighted by atomic mass is 10.5. The molecule has 4 aromatic heterocycles. The number of hydrogen-bond donors (Lipinski definition) is 0. The highest BCUT2D eigenvalue weighted by molar-refractivity contribution is 4.88. The van der Waals surface area contributed by atoms with Crippen LogP contribution in [0.15, 0.2) is 99.1 Å². The van der Waals surface area contributed by atoms with Crippen molar-refractivity contribution in [3.63, 3.8) is 0 Å². The summed E-state index contributed by atoms with van der Waals surface area (Å²) in [5.41, 5.74) is 0. The molecule has 0 amide bonds. The van der Waals surface area contributed by atoms with Crippen LogP contribution in [0.3, 0.4) is 0 Å². The van der Waals surface area contributed by atoms with Crippen LogP contribution in [0.25, 0.3) is 0 Å². The molecule has 8 nitrogen and oxygen atoms in total. The second-order valence-electron chi connectivity index (χ2n) is 3.62. The summed E-state index contributed by atoms with van der Waals surface area (Å²) in [6, 6.07) is 7.49. The van der Waals surface area contributed by atoms with Gasteiger partial charge in [0.15, 0.2) is 0 Å². The minimum absolute atomic E-state index is 0. The van der Waals surface area contributed by atoms with Gasteiger partial charge >= 0.3 is 0 Å². The highest BCUT2D eigenvalue weighted by Crippen LogP contribution is 1.73. The first-order chi connectivity index (χ1) is 16.0. The van der Waals surface area contributed by atoms with Gasteiger partial charge in [0, 0.05) is 49.6 Å². The van der Waals surface area contributed by atoms with Gasteiger partial charge in [-0.3, -0.25) is 15.0 Å². The number of hydrogen-bond acceptors (Lipinski definition) is 8. The largest absolute Gasteiger partial charge is 0.265 e. The average Bonchev–Trinajstić information content (AvgIpc) is 2.98. The molecule has 0 atom stereocenters. The third-order valence-corrected chi connectivity index (χ3v) is 1.92. The predicted octanol–water partition coefficient (Wildman–Crippen LogP) is 6.65. The Morgan fingerprint density at radius 3 is 0.667 bits per heavy atom. The van der Waals surface area contributed by atoms with Crippen molar-refractivity contribution in [3.8, 4) is 0 Å². The molecule has 4 heterocycles. The van der Waals surface area contributed by atoms with Crippen LogP contribution in [-0.2, 0) is 0 Å². The molecule has 0 spiro atoms. The van der Waals surface area contributed by atoms with E-state index in [2.05, 4.69) is 39.9 Å². The van der Waals surface area contributed by atoms with Crippen molar-refractivity contribution in [2.75, 3.05) is 0 Å². The zero-order chi connectivity index (χ0) is 25.0. The molecule has 0 aliphatic heterocycles. The first kappa shape index (κ1) is 39.8. The SMILES string of the molecule is C.CC.CC.CC.CC.c1ccncc1.c1cnccn1.c1cncnc1.c1ncncn1. The third kappa shape index (κ3) is 47.5.